The van der Waals surface area contributed by atoms with E-state index < -0.39 is 0 Å². The van der Waals surface area contributed by atoms with Crippen LogP contribution >= 0.6 is 0 Å². The van der Waals surface area contributed by atoms with Gasteiger partial charge in [0.15, 0.2) is 0 Å². The van der Waals surface area contributed by atoms with E-state index in [1.165, 1.54) is 0 Å². The van der Waals surface area contributed by atoms with E-state index in [0.29, 0.717) is 0 Å². The molecule has 2 N–H and O–H groups in total. The van der Waals surface area contributed by atoms with Gasteiger partial charge < -0.3 is 0 Å². The molecule has 0 heterocycles. The zero-order valence-electron chi connectivity index (χ0n) is 9.45. The molecule has 0 bridgehead atoms. The Morgan fingerprint density at radius 3 is 1.17 bits per heavy atom. The lowest BCUT2D eigenvalue weighted by molar-refractivity contribution is 0.0612. The molecule has 0 aliphatic carbocycles. The van der Waals surface area contributed by atoms with Crippen LogP contribution in [0.1, 0.15) is 41.5 Å². The topological polar surface area (TPSA) is 27.3 Å². The fourth-order valence-corrected chi connectivity index (χ4v) is 1.03. The molecule has 0 rings (SSSR count). The van der Waals surface area contributed by atoms with Gasteiger partial charge in [0.25, 0.3) is 0 Å². The molecule has 0 aromatic heterocycles. The summed E-state index contributed by atoms with van der Waals surface area (Å²) in [5.41, 5.74) is 6.80. The molecule has 0 radical (unpaired) electrons. The lowest BCUT2D eigenvalue weighted by atomic mass is 10.1. The Morgan fingerprint density at radius 1 is 0.750 bits per heavy atom. The van der Waals surface area contributed by atoms with E-state index in [0.717, 1.165) is 0 Å². The van der Waals surface area contributed by atoms with Gasteiger partial charge in [-0.1, -0.05) is 0 Å². The largest absolute Gasteiger partial charge is 0.236 e. The molecule has 0 aromatic carbocycles. The van der Waals surface area contributed by atoms with Crippen molar-refractivity contribution in [2.75, 3.05) is 7.05 Å². The summed E-state index contributed by atoms with van der Waals surface area (Å²) in [6.45, 7) is 12.8. The minimum absolute atomic E-state index is 0.104. The van der Waals surface area contributed by atoms with Gasteiger partial charge >= 0.3 is 0 Å². The molecule has 3 heteroatoms. The summed E-state index contributed by atoms with van der Waals surface area (Å²) in [5.74, 6) is 0. The van der Waals surface area contributed by atoms with E-state index in [4.69, 9.17) is 0 Å². The second-order valence-electron chi connectivity index (χ2n) is 5.28. The molecule has 0 amide bonds. The van der Waals surface area contributed by atoms with Crippen LogP contribution in [-0.4, -0.2) is 23.2 Å². The third-order valence-electron chi connectivity index (χ3n) is 1.01. The van der Waals surface area contributed by atoms with Gasteiger partial charge in [-0.2, -0.15) is 5.12 Å². The van der Waals surface area contributed by atoms with Crippen LogP contribution < -0.4 is 10.9 Å². The summed E-state index contributed by atoms with van der Waals surface area (Å²) in [6, 6.07) is 0. The van der Waals surface area contributed by atoms with Crippen molar-refractivity contribution in [3.05, 3.63) is 0 Å². The van der Waals surface area contributed by atoms with Gasteiger partial charge in [-0.25, -0.2) is 10.9 Å². The van der Waals surface area contributed by atoms with Crippen LogP contribution in [0.3, 0.4) is 0 Å². The van der Waals surface area contributed by atoms with Gasteiger partial charge in [0.1, 0.15) is 0 Å². The number of hydrogen-bond acceptors (Lipinski definition) is 3. The number of hydrogen-bond donors (Lipinski definition) is 2. The van der Waals surface area contributed by atoms with Crippen molar-refractivity contribution in [3.63, 3.8) is 0 Å². The number of nitrogens with zero attached hydrogens (tertiary/aromatic N) is 1. The van der Waals surface area contributed by atoms with Gasteiger partial charge in [-0.3, -0.25) is 0 Å². The van der Waals surface area contributed by atoms with E-state index in [1.807, 2.05) is 12.2 Å². The predicted molar refractivity (Wildman–Crippen MR) is 53.5 cm³/mol. The van der Waals surface area contributed by atoms with Crippen LogP contribution in [-0.2, 0) is 0 Å². The zero-order valence-corrected chi connectivity index (χ0v) is 9.45. The van der Waals surface area contributed by atoms with Gasteiger partial charge in [0.2, 0.25) is 0 Å². The number of rotatable bonds is 2. The average Bonchev–Trinajstić information content (AvgIpc) is 1.49. The highest BCUT2D eigenvalue weighted by atomic mass is 15.7. The Morgan fingerprint density at radius 2 is 1.00 bits per heavy atom. The predicted octanol–water partition coefficient (Wildman–Crippen LogP) is 1.52. The van der Waals surface area contributed by atoms with Crippen LogP contribution in [0.4, 0.5) is 0 Å². The third-order valence-corrected chi connectivity index (χ3v) is 1.01. The van der Waals surface area contributed by atoms with Crippen LogP contribution in [0.25, 0.3) is 0 Å². The van der Waals surface area contributed by atoms with Crippen molar-refractivity contribution in [2.45, 2.75) is 52.6 Å². The summed E-state index contributed by atoms with van der Waals surface area (Å²) in [7, 11) is 1.98. The average molecular weight is 173 g/mol. The molecule has 0 spiro atoms. The van der Waals surface area contributed by atoms with Crippen molar-refractivity contribution >= 4 is 0 Å². The first kappa shape index (κ1) is 11.9. The zero-order chi connectivity index (χ0) is 9.99. The maximum Gasteiger partial charge on any atom is 0.0254 e. The van der Waals surface area contributed by atoms with E-state index in [2.05, 4.69) is 52.4 Å². The Bertz CT molecular complexity index is 114. The smallest absolute Gasteiger partial charge is 0.0254 e. The quantitative estimate of drug-likeness (QED) is 0.620. The Balaban J connectivity index is 3.83. The van der Waals surface area contributed by atoms with E-state index in [9.17, 15) is 0 Å². The molecule has 0 saturated heterocycles. The molecular weight excluding hydrogens is 150 g/mol. The first-order valence-electron chi connectivity index (χ1n) is 4.39. The normalized spacial score (nSPS) is 14.0. The molecule has 0 atom stereocenters. The molecule has 0 unspecified atom stereocenters. The molecule has 0 aromatic rings. The van der Waals surface area contributed by atoms with Crippen LogP contribution in [0.15, 0.2) is 0 Å². The fourth-order valence-electron chi connectivity index (χ4n) is 1.03. The summed E-state index contributed by atoms with van der Waals surface area (Å²) in [6.07, 6.45) is 0. The second-order valence-corrected chi connectivity index (χ2v) is 5.28. The Labute approximate surface area is 76.5 Å². The van der Waals surface area contributed by atoms with Crippen molar-refractivity contribution in [1.82, 2.24) is 16.0 Å². The molecule has 0 fully saturated rings. The second kappa shape index (κ2) is 3.73. The maximum absolute atomic E-state index is 3.30. The highest BCUT2D eigenvalue weighted by Crippen LogP contribution is 2.02. The van der Waals surface area contributed by atoms with E-state index in [1.54, 1.807) is 0 Å². The van der Waals surface area contributed by atoms with E-state index in [-0.39, 0.29) is 11.1 Å². The SMILES string of the molecule is CN(NC(C)(C)C)NC(C)(C)C. The highest BCUT2D eigenvalue weighted by molar-refractivity contribution is 4.70. The highest BCUT2D eigenvalue weighted by Gasteiger charge is 2.16. The van der Waals surface area contributed by atoms with Crippen molar-refractivity contribution in [3.8, 4) is 0 Å². The van der Waals surface area contributed by atoms with Crippen LogP contribution in [0.2, 0.25) is 0 Å². The molecule has 74 valence electrons. The number of hydrazine groups is 2. The van der Waals surface area contributed by atoms with E-state index >= 15 is 0 Å². The molecule has 12 heavy (non-hydrogen) atoms. The molecule has 0 aliphatic heterocycles. The van der Waals surface area contributed by atoms with Gasteiger partial charge in [-0.15, -0.1) is 0 Å². The summed E-state index contributed by atoms with van der Waals surface area (Å²) in [5, 5.41) is 1.92. The van der Waals surface area contributed by atoms with Gasteiger partial charge in [0.05, 0.1) is 0 Å². The van der Waals surface area contributed by atoms with Crippen molar-refractivity contribution in [2.24, 2.45) is 0 Å². The first-order valence-corrected chi connectivity index (χ1v) is 4.39. The summed E-state index contributed by atoms with van der Waals surface area (Å²) in [4.78, 5) is 0. The third kappa shape index (κ3) is 7.98. The standard InChI is InChI=1S/C9H23N3/c1-8(2,3)10-12(7)11-9(4,5)6/h10-11H,1-7H3. The van der Waals surface area contributed by atoms with Crippen molar-refractivity contribution in [1.29, 1.82) is 0 Å². The van der Waals surface area contributed by atoms with Gasteiger partial charge in [-0.05, 0) is 41.5 Å². The minimum atomic E-state index is 0.104. The minimum Gasteiger partial charge on any atom is -0.236 e. The molecule has 0 aliphatic rings. The Hall–Kier alpha value is -0.120. The number of nitrogens with one attached hydrogen (secondary N) is 2. The van der Waals surface area contributed by atoms with Crippen LogP contribution in [0.5, 0.6) is 0 Å². The summed E-state index contributed by atoms with van der Waals surface area (Å²) >= 11 is 0. The van der Waals surface area contributed by atoms with Gasteiger partial charge in [0, 0.05) is 18.1 Å². The molecule has 0 saturated carbocycles. The first-order chi connectivity index (χ1) is 5.10. The van der Waals surface area contributed by atoms with Crippen molar-refractivity contribution < 1.29 is 0 Å². The molecular formula is C9H23N3. The lowest BCUT2D eigenvalue weighted by Gasteiger charge is -2.34. The monoisotopic (exact) mass is 173 g/mol. The van der Waals surface area contributed by atoms with Crippen LogP contribution in [0, 0.1) is 0 Å². The maximum atomic E-state index is 3.30. The molecule has 3 nitrogen and oxygen atoms in total. The Kier molecular flexibility index (Phi) is 3.69. The lowest BCUT2D eigenvalue weighted by Crippen LogP contribution is -2.58. The summed E-state index contributed by atoms with van der Waals surface area (Å²) < 4.78 is 0. The fraction of sp³-hybridized carbons (Fsp3) is 1.00.